The molecule has 2 amide bonds. The maximum absolute atomic E-state index is 14.3. The first-order valence-corrected chi connectivity index (χ1v) is 17.9. The van der Waals surface area contributed by atoms with Crippen LogP contribution in [0.2, 0.25) is 0 Å². The van der Waals surface area contributed by atoms with Crippen molar-refractivity contribution < 1.29 is 32.6 Å². The molecule has 0 radical (unpaired) electrons. The molecule has 1 aromatic carbocycles. The number of ether oxygens (including phenoxy) is 2. The predicted molar refractivity (Wildman–Crippen MR) is 177 cm³/mol. The largest absolute Gasteiger partial charge is 0.490 e. The number of aliphatic hydroxyl groups is 1. The molecule has 2 aromatic rings. The lowest BCUT2D eigenvalue weighted by molar-refractivity contribution is -0.116. The van der Waals surface area contributed by atoms with Crippen molar-refractivity contribution in [3.05, 3.63) is 41.3 Å². The van der Waals surface area contributed by atoms with Crippen LogP contribution < -0.4 is 10.1 Å². The van der Waals surface area contributed by atoms with Gasteiger partial charge < -0.3 is 29.7 Å². The Labute approximate surface area is 272 Å². The Morgan fingerprint density at radius 3 is 2.62 bits per heavy atom. The Bertz CT molecular complexity index is 1340. The molecule has 0 bridgehead atoms. The van der Waals surface area contributed by atoms with Crippen LogP contribution in [0.4, 0.5) is 5.69 Å². The van der Waals surface area contributed by atoms with E-state index in [2.05, 4.69) is 5.32 Å². The molecule has 1 aromatic heterocycles. The van der Waals surface area contributed by atoms with Gasteiger partial charge in [0.1, 0.15) is 9.96 Å². The van der Waals surface area contributed by atoms with Gasteiger partial charge in [-0.25, -0.2) is 8.42 Å². The average molecular weight is 667 g/mol. The molecule has 1 aliphatic heterocycles. The number of aliphatic hydroxyl groups excluding tert-OH is 1. The number of anilines is 1. The maximum Gasteiger partial charge on any atom is 0.258 e. The molecule has 11 nitrogen and oxygen atoms in total. The van der Waals surface area contributed by atoms with Crippen molar-refractivity contribution >= 4 is 38.9 Å². The van der Waals surface area contributed by atoms with Gasteiger partial charge in [-0.15, -0.1) is 11.3 Å². The van der Waals surface area contributed by atoms with Gasteiger partial charge in [0.2, 0.25) is 5.91 Å². The van der Waals surface area contributed by atoms with Gasteiger partial charge in [-0.3, -0.25) is 9.59 Å². The normalized spacial score (nSPS) is 21.2. The Morgan fingerprint density at radius 2 is 1.96 bits per heavy atom. The van der Waals surface area contributed by atoms with Gasteiger partial charge in [0, 0.05) is 44.8 Å². The van der Waals surface area contributed by atoms with E-state index in [4.69, 9.17) is 9.47 Å². The number of hydrogen-bond acceptors (Lipinski definition) is 9. The first-order valence-electron chi connectivity index (χ1n) is 15.6. The van der Waals surface area contributed by atoms with E-state index in [1.807, 2.05) is 32.8 Å². The molecule has 4 atom stereocenters. The standard InChI is InChI=1S/C32H50N4O7S2/c1-23-20-36(24(2)22-37)32(39)27-19-26(33-30(38)12-9-16-34(4)5)14-15-28(27)43-25(3)11-7-8-17-42-29(23)21-35(6)45(40,41)31-13-10-18-44-31/h10,13-15,18-19,23-25,29,37H,7-9,11-12,16-17,20-22H2,1-6H3,(H,33,38)/t23-,24+,25+,29+/m1/s1. The average Bonchev–Trinajstić information content (AvgIpc) is 3.54. The van der Waals surface area contributed by atoms with Crippen LogP contribution in [0.5, 0.6) is 5.75 Å². The summed E-state index contributed by atoms with van der Waals surface area (Å²) < 4.78 is 40.5. The van der Waals surface area contributed by atoms with Crippen LogP contribution in [0.15, 0.2) is 39.9 Å². The maximum atomic E-state index is 14.3. The van der Waals surface area contributed by atoms with Gasteiger partial charge in [0.15, 0.2) is 0 Å². The summed E-state index contributed by atoms with van der Waals surface area (Å²) in [5.74, 6) is -0.373. The highest BCUT2D eigenvalue weighted by Crippen LogP contribution is 2.29. The number of likely N-dealkylation sites (N-methyl/N-ethyl adjacent to an activating group) is 1. The van der Waals surface area contributed by atoms with Crippen LogP contribution >= 0.6 is 11.3 Å². The van der Waals surface area contributed by atoms with Gasteiger partial charge in [-0.05, 0) is 89.8 Å². The monoisotopic (exact) mass is 666 g/mol. The molecular formula is C32H50N4O7S2. The summed E-state index contributed by atoms with van der Waals surface area (Å²) in [4.78, 5) is 30.5. The molecule has 0 unspecified atom stereocenters. The number of benzene rings is 1. The summed E-state index contributed by atoms with van der Waals surface area (Å²) in [5.41, 5.74) is 0.771. The van der Waals surface area contributed by atoms with Crippen LogP contribution in [0.1, 0.15) is 63.2 Å². The number of amides is 2. The summed E-state index contributed by atoms with van der Waals surface area (Å²) in [5, 5.41) is 14.8. The molecule has 0 saturated carbocycles. The molecule has 0 saturated heterocycles. The number of thiophene rings is 1. The number of rotatable bonds is 11. The van der Waals surface area contributed by atoms with Gasteiger partial charge in [0.25, 0.3) is 15.9 Å². The van der Waals surface area contributed by atoms with Gasteiger partial charge in [0.05, 0.1) is 30.4 Å². The second kappa shape index (κ2) is 17.4. The second-order valence-electron chi connectivity index (χ2n) is 12.2. The van der Waals surface area contributed by atoms with Crippen molar-refractivity contribution in [1.82, 2.24) is 14.1 Å². The van der Waals surface area contributed by atoms with E-state index < -0.39 is 22.2 Å². The lowest BCUT2D eigenvalue weighted by Gasteiger charge is -2.35. The molecular weight excluding hydrogens is 617 g/mol. The molecule has 1 aliphatic rings. The van der Waals surface area contributed by atoms with Crippen molar-refractivity contribution in [2.45, 2.75) is 75.3 Å². The fourth-order valence-electron chi connectivity index (χ4n) is 5.16. The smallest absolute Gasteiger partial charge is 0.258 e. The zero-order chi connectivity index (χ0) is 33.1. The molecule has 45 heavy (non-hydrogen) atoms. The van der Waals surface area contributed by atoms with Crippen molar-refractivity contribution in [3.63, 3.8) is 0 Å². The first kappa shape index (κ1) is 36.9. The second-order valence-corrected chi connectivity index (χ2v) is 15.4. The van der Waals surface area contributed by atoms with Gasteiger partial charge in [-0.2, -0.15) is 4.31 Å². The van der Waals surface area contributed by atoms with E-state index in [9.17, 15) is 23.1 Å². The van der Waals surface area contributed by atoms with Crippen molar-refractivity contribution in [2.24, 2.45) is 5.92 Å². The number of hydrogen-bond donors (Lipinski definition) is 2. The first-order chi connectivity index (χ1) is 21.3. The summed E-state index contributed by atoms with van der Waals surface area (Å²) >= 11 is 1.16. The SMILES string of the molecule is C[C@@H]1CN([C@@H](C)CO)C(=O)c2cc(NC(=O)CCCN(C)C)ccc2O[C@@H](C)CCCCO[C@H]1CN(C)S(=O)(=O)c1cccs1. The highest BCUT2D eigenvalue weighted by molar-refractivity contribution is 7.91. The minimum atomic E-state index is -3.70. The van der Waals surface area contributed by atoms with Crippen molar-refractivity contribution in [2.75, 3.05) is 59.3 Å². The highest BCUT2D eigenvalue weighted by Gasteiger charge is 2.32. The third-order valence-corrected chi connectivity index (χ3v) is 11.1. The Kier molecular flexibility index (Phi) is 14.3. The molecule has 0 aliphatic carbocycles. The summed E-state index contributed by atoms with van der Waals surface area (Å²) in [6, 6.07) is 7.83. The number of sulfonamides is 1. The topological polar surface area (TPSA) is 129 Å². The van der Waals surface area contributed by atoms with Crippen LogP contribution in [0.3, 0.4) is 0 Å². The van der Waals surface area contributed by atoms with E-state index in [1.54, 1.807) is 54.6 Å². The molecule has 0 spiro atoms. The summed E-state index contributed by atoms with van der Waals surface area (Å²) in [6.45, 7) is 6.90. The molecule has 252 valence electrons. The van der Waals surface area contributed by atoms with Crippen LogP contribution in [0, 0.1) is 5.92 Å². The number of carbonyl (C=O) groups is 2. The summed E-state index contributed by atoms with van der Waals surface area (Å²) in [6.07, 6.45) is 2.67. The fourth-order valence-corrected chi connectivity index (χ4v) is 7.54. The van der Waals surface area contributed by atoms with Crippen molar-refractivity contribution in [1.29, 1.82) is 0 Å². The third kappa shape index (κ3) is 10.8. The number of nitrogens with zero attached hydrogens (tertiary/aromatic N) is 3. The Balaban J connectivity index is 1.92. The van der Waals surface area contributed by atoms with Gasteiger partial charge in [-0.1, -0.05) is 13.0 Å². The van der Waals surface area contributed by atoms with E-state index in [0.717, 1.165) is 37.1 Å². The minimum Gasteiger partial charge on any atom is -0.490 e. The van der Waals surface area contributed by atoms with E-state index >= 15 is 0 Å². The van der Waals surface area contributed by atoms with E-state index in [1.165, 1.54) is 4.31 Å². The van der Waals surface area contributed by atoms with E-state index in [-0.39, 0.29) is 53.3 Å². The summed E-state index contributed by atoms with van der Waals surface area (Å²) in [7, 11) is 1.76. The zero-order valence-electron chi connectivity index (χ0n) is 27.4. The van der Waals surface area contributed by atoms with Crippen LogP contribution in [0.25, 0.3) is 0 Å². The molecule has 2 N–H and O–H groups in total. The number of carbonyl (C=O) groups excluding carboxylic acids is 2. The third-order valence-electron chi connectivity index (χ3n) is 7.94. The van der Waals surface area contributed by atoms with Crippen LogP contribution in [-0.4, -0.2) is 112 Å². The zero-order valence-corrected chi connectivity index (χ0v) is 29.0. The van der Waals surface area contributed by atoms with Crippen molar-refractivity contribution in [3.8, 4) is 5.75 Å². The van der Waals surface area contributed by atoms with E-state index in [0.29, 0.717) is 30.9 Å². The minimum absolute atomic E-state index is 0.108. The van der Waals surface area contributed by atoms with Crippen LogP contribution in [-0.2, 0) is 19.6 Å². The van der Waals surface area contributed by atoms with Gasteiger partial charge >= 0.3 is 0 Å². The molecule has 0 fully saturated rings. The highest BCUT2D eigenvalue weighted by atomic mass is 32.2. The molecule has 3 rings (SSSR count). The fraction of sp³-hybridized carbons (Fsp3) is 0.625. The lowest BCUT2D eigenvalue weighted by Crippen LogP contribution is -2.48. The number of nitrogens with one attached hydrogen (secondary N) is 1. The predicted octanol–water partition coefficient (Wildman–Crippen LogP) is 4.14. The molecule has 2 heterocycles. The Hall–Kier alpha value is -2.55. The Morgan fingerprint density at radius 1 is 1.20 bits per heavy atom. The number of fused-ring (bicyclic) bond motifs is 1. The lowest BCUT2D eigenvalue weighted by atomic mass is 10.0. The quantitative estimate of drug-likeness (QED) is 0.366. The molecule has 13 heteroatoms.